The molecule has 0 bridgehead atoms. The van der Waals surface area contributed by atoms with Crippen molar-refractivity contribution in [3.63, 3.8) is 0 Å². The molecule has 0 amide bonds. The normalized spacial score (nSPS) is 16.5. The van der Waals surface area contributed by atoms with Gasteiger partial charge in [-0.25, -0.2) is 0 Å². The first-order chi connectivity index (χ1) is 17.4. The molecule has 2 heterocycles. The lowest BCUT2D eigenvalue weighted by Crippen LogP contribution is -2.32. The van der Waals surface area contributed by atoms with Crippen LogP contribution in [0.15, 0.2) is 48.5 Å². The highest BCUT2D eigenvalue weighted by Crippen LogP contribution is 2.54. The Bertz CT molecular complexity index is 1490. The van der Waals surface area contributed by atoms with Crippen LogP contribution >= 0.6 is 11.6 Å². The van der Waals surface area contributed by atoms with Crippen LogP contribution in [-0.2, 0) is 0 Å². The number of hydrogen-bond acceptors (Lipinski definition) is 5. The topological polar surface area (TPSA) is 60.0 Å². The second-order valence-electron chi connectivity index (χ2n) is 9.42. The summed E-state index contributed by atoms with van der Waals surface area (Å²) in [6.07, 6.45) is -1.03. The van der Waals surface area contributed by atoms with E-state index in [1.807, 2.05) is 19.1 Å². The lowest BCUT2D eigenvalue weighted by Gasteiger charge is -2.35. The number of ether oxygens (including phenoxy) is 3. The molecule has 192 valence electrons. The summed E-state index contributed by atoms with van der Waals surface area (Å²) in [6.45, 7) is 6.14. The smallest absolute Gasteiger partial charge is 0.504 e. The maximum absolute atomic E-state index is 12.7. The number of hydrogen-bond donors (Lipinski definition) is 2. The quantitative estimate of drug-likeness (QED) is 0.359. The number of phenols is 1. The van der Waals surface area contributed by atoms with E-state index < -0.39 is 12.1 Å². The van der Waals surface area contributed by atoms with Gasteiger partial charge in [0.05, 0.1) is 23.2 Å². The van der Waals surface area contributed by atoms with Crippen molar-refractivity contribution in [1.29, 1.82) is 0 Å². The molecular formula is C28H23ClF3NO4. The molecule has 2 aliphatic heterocycles. The van der Waals surface area contributed by atoms with Gasteiger partial charge in [0.25, 0.3) is 0 Å². The van der Waals surface area contributed by atoms with Crippen molar-refractivity contribution in [2.24, 2.45) is 0 Å². The van der Waals surface area contributed by atoms with Crippen LogP contribution < -0.4 is 19.5 Å². The third-order valence-corrected chi connectivity index (χ3v) is 6.45. The first kappa shape index (κ1) is 24.9. The maximum Gasteiger partial charge on any atom is 0.573 e. The Kier molecular flexibility index (Phi) is 5.83. The summed E-state index contributed by atoms with van der Waals surface area (Å²) in [6, 6.07) is 11.0. The zero-order chi connectivity index (χ0) is 26.7. The average molecular weight is 530 g/mol. The zero-order valence-electron chi connectivity index (χ0n) is 20.4. The van der Waals surface area contributed by atoms with E-state index in [-0.39, 0.29) is 22.1 Å². The molecule has 3 aromatic rings. The largest absolute Gasteiger partial charge is 0.573 e. The van der Waals surface area contributed by atoms with Crippen LogP contribution in [0.5, 0.6) is 23.0 Å². The molecule has 0 saturated heterocycles. The molecule has 0 saturated carbocycles. The van der Waals surface area contributed by atoms with Gasteiger partial charge in [-0.1, -0.05) is 29.8 Å². The molecule has 5 nitrogen and oxygen atoms in total. The Hall–Kier alpha value is -3.78. The van der Waals surface area contributed by atoms with Gasteiger partial charge in [-0.05, 0) is 68.3 Å². The summed E-state index contributed by atoms with van der Waals surface area (Å²) >= 11 is 6.10. The van der Waals surface area contributed by atoms with E-state index in [2.05, 4.69) is 30.0 Å². The highest BCUT2D eigenvalue weighted by Gasteiger charge is 2.34. The number of anilines is 1. The van der Waals surface area contributed by atoms with Gasteiger partial charge in [0, 0.05) is 22.4 Å². The van der Waals surface area contributed by atoms with E-state index in [0.717, 1.165) is 34.0 Å². The second-order valence-corrected chi connectivity index (χ2v) is 9.83. The molecule has 0 unspecified atom stereocenters. The van der Waals surface area contributed by atoms with Gasteiger partial charge >= 0.3 is 6.36 Å². The average Bonchev–Trinajstić information content (AvgIpc) is 2.79. The highest BCUT2D eigenvalue weighted by atomic mass is 35.5. The van der Waals surface area contributed by atoms with Crippen molar-refractivity contribution in [3.8, 4) is 34.1 Å². The monoisotopic (exact) mass is 529 g/mol. The molecule has 3 aromatic carbocycles. The summed E-state index contributed by atoms with van der Waals surface area (Å²) in [5, 5.41) is 13.8. The molecule has 9 heteroatoms. The molecule has 37 heavy (non-hydrogen) atoms. The van der Waals surface area contributed by atoms with Crippen LogP contribution in [-0.4, -0.2) is 24.1 Å². The predicted molar refractivity (Wildman–Crippen MR) is 138 cm³/mol. The molecular weight excluding hydrogens is 507 g/mol. The third-order valence-electron chi connectivity index (χ3n) is 6.15. The summed E-state index contributed by atoms with van der Waals surface area (Å²) in [4.78, 5) is 0. The van der Waals surface area contributed by atoms with Gasteiger partial charge in [-0.15, -0.1) is 13.2 Å². The van der Waals surface area contributed by atoms with E-state index in [0.29, 0.717) is 22.6 Å². The van der Waals surface area contributed by atoms with E-state index in [4.69, 9.17) is 21.1 Å². The minimum Gasteiger partial charge on any atom is -0.504 e. The van der Waals surface area contributed by atoms with Crippen molar-refractivity contribution < 1.29 is 32.5 Å². The van der Waals surface area contributed by atoms with Gasteiger partial charge in [0.1, 0.15) is 17.3 Å². The van der Waals surface area contributed by atoms with Gasteiger partial charge in [0.2, 0.25) is 0 Å². The first-order valence-corrected chi connectivity index (χ1v) is 11.8. The predicted octanol–water partition coefficient (Wildman–Crippen LogP) is 8.12. The lowest BCUT2D eigenvalue weighted by atomic mass is 9.83. The summed E-state index contributed by atoms with van der Waals surface area (Å²) in [5.74, 6) is 0.679. The molecule has 0 aliphatic carbocycles. The zero-order valence-corrected chi connectivity index (χ0v) is 21.1. The van der Waals surface area contributed by atoms with E-state index >= 15 is 0 Å². The van der Waals surface area contributed by atoms with Crippen molar-refractivity contribution in [3.05, 3.63) is 70.3 Å². The van der Waals surface area contributed by atoms with E-state index in [1.54, 1.807) is 12.1 Å². The van der Waals surface area contributed by atoms with Gasteiger partial charge < -0.3 is 24.6 Å². The molecule has 0 aromatic heterocycles. The Morgan fingerprint density at radius 2 is 1.81 bits per heavy atom. The van der Waals surface area contributed by atoms with Crippen molar-refractivity contribution in [1.82, 2.24) is 0 Å². The lowest BCUT2D eigenvalue weighted by molar-refractivity contribution is -0.274. The molecule has 0 fully saturated rings. The SMILES string of the molecule is COc1c(O)ccc2c1-c1ccc3c(c1/C(=C/c1ccc(OC(F)(F)F)c(Cl)c1)O2)C(C)=CC(C)(C)N3. The van der Waals surface area contributed by atoms with Crippen molar-refractivity contribution >= 4 is 34.7 Å². The number of benzene rings is 3. The number of phenolic OH excluding ortho intramolecular Hbond substituents is 1. The molecule has 0 radical (unpaired) electrons. The van der Waals surface area contributed by atoms with E-state index in [1.165, 1.54) is 25.3 Å². The number of alkyl halides is 3. The van der Waals surface area contributed by atoms with E-state index in [9.17, 15) is 18.3 Å². The number of rotatable bonds is 3. The molecule has 5 rings (SSSR count). The fourth-order valence-electron chi connectivity index (χ4n) is 4.91. The van der Waals surface area contributed by atoms with Crippen LogP contribution in [0.25, 0.3) is 28.5 Å². The maximum atomic E-state index is 12.7. The summed E-state index contributed by atoms with van der Waals surface area (Å²) in [7, 11) is 1.47. The Morgan fingerprint density at radius 3 is 2.49 bits per heavy atom. The number of methoxy groups -OCH3 is 1. The number of nitrogens with one attached hydrogen (secondary N) is 1. The number of aromatic hydroxyl groups is 1. The van der Waals surface area contributed by atoms with Crippen molar-refractivity contribution in [2.45, 2.75) is 32.7 Å². The standard InChI is InChI=1S/C28H23ClF3NO4/c1-14-13-27(2,3)33-18-7-6-16-24(23(14)18)22(36-21-10-8-19(34)26(35-4)25(16)21)12-15-5-9-20(17(29)11-15)37-28(30,31)32/h5-13,33-34H,1-4H3/b22-12-. The number of allylic oxidation sites excluding steroid dienone is 1. The summed E-state index contributed by atoms with van der Waals surface area (Å²) < 4.78 is 53.9. The minimum atomic E-state index is -4.85. The van der Waals surface area contributed by atoms with Gasteiger partial charge in [-0.2, -0.15) is 0 Å². The minimum absolute atomic E-state index is 0.0282. The number of fused-ring (bicyclic) bond motifs is 5. The Morgan fingerprint density at radius 1 is 1.05 bits per heavy atom. The first-order valence-electron chi connectivity index (χ1n) is 11.4. The molecule has 0 atom stereocenters. The fraction of sp³-hybridized carbons (Fsp3) is 0.214. The van der Waals surface area contributed by atoms with Crippen LogP contribution in [0, 0.1) is 0 Å². The van der Waals surface area contributed by atoms with Crippen LogP contribution in [0.2, 0.25) is 5.02 Å². The molecule has 2 N–H and O–H groups in total. The van der Waals surface area contributed by atoms with Crippen LogP contribution in [0.4, 0.5) is 18.9 Å². The third kappa shape index (κ3) is 4.57. The number of halogens is 4. The van der Waals surface area contributed by atoms with Crippen LogP contribution in [0.3, 0.4) is 0 Å². The summed E-state index contributed by atoms with van der Waals surface area (Å²) in [5.41, 5.74) is 5.17. The Balaban J connectivity index is 1.73. The molecule has 2 aliphatic rings. The van der Waals surface area contributed by atoms with Gasteiger partial charge in [-0.3, -0.25) is 0 Å². The fourth-order valence-corrected chi connectivity index (χ4v) is 5.14. The highest BCUT2D eigenvalue weighted by molar-refractivity contribution is 6.32. The Labute approximate surface area is 216 Å². The van der Waals surface area contributed by atoms with Crippen molar-refractivity contribution in [2.75, 3.05) is 12.4 Å². The van der Waals surface area contributed by atoms with Crippen LogP contribution in [0.1, 0.15) is 37.5 Å². The van der Waals surface area contributed by atoms with Gasteiger partial charge in [0.15, 0.2) is 11.5 Å². The molecule has 0 spiro atoms. The second kappa shape index (κ2) is 8.66.